The monoisotopic (exact) mass is 449 g/mol. The van der Waals surface area contributed by atoms with Crippen molar-refractivity contribution in [2.45, 2.75) is 32.0 Å². The number of nitrogens with zero attached hydrogens (tertiary/aromatic N) is 3. The number of aromatic amines is 1. The molecule has 33 heavy (non-hydrogen) atoms. The van der Waals surface area contributed by atoms with Crippen molar-refractivity contribution in [3.05, 3.63) is 60.4 Å². The first-order valence-corrected chi connectivity index (χ1v) is 11.8. The van der Waals surface area contributed by atoms with Crippen LogP contribution in [0, 0.1) is 5.92 Å². The molecule has 1 aliphatic heterocycles. The number of morpholine rings is 1. The molecule has 2 atom stereocenters. The summed E-state index contributed by atoms with van der Waals surface area (Å²) >= 11 is 0. The van der Waals surface area contributed by atoms with Gasteiger partial charge in [0, 0.05) is 63.6 Å². The van der Waals surface area contributed by atoms with E-state index in [0.717, 1.165) is 49.3 Å². The van der Waals surface area contributed by atoms with E-state index in [1.807, 2.05) is 37.5 Å². The molecule has 2 aliphatic rings. The Bertz CT molecular complexity index is 984. The van der Waals surface area contributed by atoms with Gasteiger partial charge in [-0.2, -0.15) is 5.10 Å². The van der Waals surface area contributed by atoms with E-state index < -0.39 is 0 Å². The van der Waals surface area contributed by atoms with Gasteiger partial charge in [0.2, 0.25) is 5.91 Å². The largest absolute Gasteiger partial charge is 0.373 e. The molecule has 1 aliphatic carbocycles. The maximum Gasteiger partial charge on any atom is 0.225 e. The van der Waals surface area contributed by atoms with E-state index in [2.05, 4.69) is 63.7 Å². The average Bonchev–Trinajstić information content (AvgIpc) is 3.66. The van der Waals surface area contributed by atoms with E-state index in [1.54, 1.807) is 0 Å². The Hall–Kier alpha value is -2.90. The summed E-state index contributed by atoms with van der Waals surface area (Å²) in [4.78, 5) is 16.2. The van der Waals surface area contributed by atoms with E-state index >= 15 is 0 Å². The second-order valence-electron chi connectivity index (χ2n) is 9.11. The second kappa shape index (κ2) is 10.8. The van der Waals surface area contributed by atoms with Crippen LogP contribution in [0.3, 0.4) is 0 Å². The fourth-order valence-electron chi connectivity index (χ4n) is 4.03. The number of aromatic nitrogens is 2. The molecule has 1 saturated heterocycles. The quantitative estimate of drug-likeness (QED) is 0.676. The molecule has 4 rings (SSSR count). The van der Waals surface area contributed by atoms with Gasteiger partial charge in [0.05, 0.1) is 18.4 Å². The zero-order valence-electron chi connectivity index (χ0n) is 19.8. The molecule has 2 N–H and O–H groups in total. The van der Waals surface area contributed by atoms with Crippen LogP contribution in [0.5, 0.6) is 0 Å². The minimum atomic E-state index is 0.0851. The van der Waals surface area contributed by atoms with Gasteiger partial charge in [0.25, 0.3) is 0 Å². The van der Waals surface area contributed by atoms with Gasteiger partial charge in [0.1, 0.15) is 0 Å². The number of likely N-dealkylation sites (N-methyl/N-ethyl adjacent to an activating group) is 2. The molecular formula is C26H35N5O2. The number of carbonyl (C=O) groups is 1. The van der Waals surface area contributed by atoms with E-state index in [0.29, 0.717) is 6.54 Å². The fraction of sp³-hybridized carbons (Fsp3) is 0.462. The first kappa shape index (κ1) is 23.3. The van der Waals surface area contributed by atoms with Crippen molar-refractivity contribution in [1.29, 1.82) is 0 Å². The Morgan fingerprint density at radius 1 is 1.03 bits per heavy atom. The Morgan fingerprint density at radius 2 is 1.79 bits per heavy atom. The summed E-state index contributed by atoms with van der Waals surface area (Å²) in [5, 5.41) is 10.7. The predicted octanol–water partition coefficient (Wildman–Crippen LogP) is 3.56. The van der Waals surface area contributed by atoms with Crippen molar-refractivity contribution in [3.63, 3.8) is 0 Å². The van der Waals surface area contributed by atoms with Crippen LogP contribution in [-0.2, 0) is 9.53 Å². The smallest absolute Gasteiger partial charge is 0.225 e. The number of hydrogen-bond donors (Lipinski definition) is 2. The minimum absolute atomic E-state index is 0.0851. The molecular weight excluding hydrogens is 414 g/mol. The van der Waals surface area contributed by atoms with Crippen molar-refractivity contribution in [2.24, 2.45) is 5.92 Å². The van der Waals surface area contributed by atoms with Crippen LogP contribution in [-0.4, -0.2) is 67.4 Å². The van der Waals surface area contributed by atoms with Gasteiger partial charge in [-0.05, 0) is 43.0 Å². The minimum Gasteiger partial charge on any atom is -0.373 e. The third-order valence-electron chi connectivity index (χ3n) is 6.33. The maximum absolute atomic E-state index is 12.2. The molecule has 1 amide bonds. The third-order valence-corrected chi connectivity index (χ3v) is 6.33. The zero-order chi connectivity index (χ0) is 23.2. The highest BCUT2D eigenvalue weighted by Gasteiger charge is 2.31. The van der Waals surface area contributed by atoms with Crippen LogP contribution in [0.4, 0.5) is 5.69 Å². The van der Waals surface area contributed by atoms with Gasteiger partial charge in [-0.15, -0.1) is 0 Å². The standard InChI is InChI=1S/C26H35N5O2/c1-19-16-27-18-25(33-19)21-6-4-20(5-7-21)23-10-11-24(12-13-28-29-17-23)30(2)14-15-31(3)26(32)22-8-9-22/h4-7,10-13,17,19,22,25,27-28H,8-9,14-16,18H2,1-3H3/t19-,25+/m1/s1. The molecule has 1 saturated carbocycles. The summed E-state index contributed by atoms with van der Waals surface area (Å²) in [5.41, 5.74) is 4.33. The Kier molecular flexibility index (Phi) is 7.62. The number of H-pyrrole nitrogens is 1. The van der Waals surface area contributed by atoms with Crippen molar-refractivity contribution < 1.29 is 9.53 Å². The molecule has 2 fully saturated rings. The molecule has 0 spiro atoms. The molecule has 7 nitrogen and oxygen atoms in total. The molecule has 0 bridgehead atoms. The maximum atomic E-state index is 12.2. The average molecular weight is 450 g/mol. The lowest BCUT2D eigenvalue weighted by molar-refractivity contribution is -0.131. The summed E-state index contributed by atoms with van der Waals surface area (Å²) in [5.74, 6) is 0.527. The number of carbonyl (C=O) groups excluding carboxylic acids is 1. The summed E-state index contributed by atoms with van der Waals surface area (Å²) in [6.45, 7) is 5.29. The van der Waals surface area contributed by atoms with Crippen molar-refractivity contribution in [1.82, 2.24) is 20.4 Å². The zero-order valence-corrected chi connectivity index (χ0v) is 19.8. The number of ether oxygens (including phenoxy) is 1. The molecule has 0 radical (unpaired) electrons. The van der Waals surface area contributed by atoms with Crippen LogP contribution in [0.1, 0.15) is 31.4 Å². The fourth-order valence-corrected chi connectivity index (χ4v) is 4.03. The van der Waals surface area contributed by atoms with Gasteiger partial charge >= 0.3 is 0 Å². The van der Waals surface area contributed by atoms with Crippen LogP contribution in [0.25, 0.3) is 11.1 Å². The van der Waals surface area contributed by atoms with Crippen LogP contribution in [0.15, 0.2) is 54.9 Å². The van der Waals surface area contributed by atoms with Gasteiger partial charge in [-0.25, -0.2) is 0 Å². The van der Waals surface area contributed by atoms with Crippen LogP contribution >= 0.6 is 0 Å². The number of hydrogen-bond acceptors (Lipinski definition) is 5. The van der Waals surface area contributed by atoms with Gasteiger partial charge in [-0.3, -0.25) is 9.89 Å². The first-order chi connectivity index (χ1) is 16.0. The predicted molar refractivity (Wildman–Crippen MR) is 131 cm³/mol. The molecule has 2 heterocycles. The van der Waals surface area contributed by atoms with Crippen LogP contribution < -0.4 is 10.2 Å². The highest BCUT2D eigenvalue weighted by Crippen LogP contribution is 2.30. The topological polar surface area (TPSA) is 73.5 Å². The van der Waals surface area contributed by atoms with Gasteiger partial charge in [-0.1, -0.05) is 30.3 Å². The first-order valence-electron chi connectivity index (χ1n) is 11.8. The molecule has 7 heteroatoms. The highest BCUT2D eigenvalue weighted by atomic mass is 16.5. The molecule has 2 aromatic rings. The molecule has 1 aromatic heterocycles. The summed E-state index contributed by atoms with van der Waals surface area (Å²) < 4.78 is 6.06. The normalized spacial score (nSPS) is 20.1. The Balaban J connectivity index is 1.46. The molecule has 176 valence electrons. The van der Waals surface area contributed by atoms with Crippen molar-refractivity contribution in [3.8, 4) is 11.1 Å². The second-order valence-corrected chi connectivity index (χ2v) is 9.11. The van der Waals surface area contributed by atoms with E-state index in [1.165, 1.54) is 5.56 Å². The number of benzene rings is 1. The number of anilines is 1. The lowest BCUT2D eigenvalue weighted by Gasteiger charge is -2.29. The number of rotatable bonds is 7. The lowest BCUT2D eigenvalue weighted by Crippen LogP contribution is -2.38. The molecule has 1 aromatic carbocycles. The Labute approximate surface area is 196 Å². The lowest BCUT2D eigenvalue weighted by atomic mass is 10.0. The highest BCUT2D eigenvalue weighted by molar-refractivity contribution is 5.80. The van der Waals surface area contributed by atoms with E-state index in [4.69, 9.17) is 4.74 Å². The summed E-state index contributed by atoms with van der Waals surface area (Å²) in [7, 11) is 3.94. The van der Waals surface area contributed by atoms with Crippen LogP contribution in [0.2, 0.25) is 0 Å². The van der Waals surface area contributed by atoms with Gasteiger partial charge in [0.15, 0.2) is 0 Å². The van der Waals surface area contributed by atoms with Gasteiger partial charge < -0.3 is 19.9 Å². The third kappa shape index (κ3) is 6.33. The Morgan fingerprint density at radius 3 is 2.52 bits per heavy atom. The van der Waals surface area contributed by atoms with E-state index in [-0.39, 0.29) is 24.0 Å². The van der Waals surface area contributed by atoms with Crippen molar-refractivity contribution >= 4 is 11.6 Å². The summed E-state index contributed by atoms with van der Waals surface area (Å²) in [6, 6.07) is 14.7. The number of amides is 1. The summed E-state index contributed by atoms with van der Waals surface area (Å²) in [6.07, 6.45) is 6.04. The molecule has 0 unspecified atom stereocenters. The van der Waals surface area contributed by atoms with Crippen molar-refractivity contribution in [2.75, 3.05) is 45.2 Å². The number of nitrogens with one attached hydrogen (secondary N) is 2. The SMILES string of the molecule is C[C@@H]1CNC[C@@H](c2ccc(-c3ccc(N(C)CCN(C)C(=O)C4CC4)cc[nH]nc3)cc2)O1. The van der Waals surface area contributed by atoms with E-state index in [9.17, 15) is 4.79 Å².